The Morgan fingerprint density at radius 1 is 1.57 bits per heavy atom. The molecule has 0 fully saturated rings. The van der Waals surface area contributed by atoms with E-state index in [-0.39, 0.29) is 0 Å². The first kappa shape index (κ1) is 10.8. The molecule has 1 aromatic rings. The van der Waals surface area contributed by atoms with Crippen molar-refractivity contribution >= 4 is 5.97 Å². The van der Waals surface area contributed by atoms with Crippen molar-refractivity contribution in [3.05, 3.63) is 24.2 Å². The fraction of sp³-hybridized carbons (Fsp3) is 0.500. The summed E-state index contributed by atoms with van der Waals surface area (Å²) in [7, 11) is 0. The molecule has 1 heterocycles. The molecule has 1 aromatic heterocycles. The second-order valence-corrected chi connectivity index (χ2v) is 2.98. The summed E-state index contributed by atoms with van der Waals surface area (Å²) in [5, 5.41) is 9.08. The number of carboxylic acids is 1. The molecule has 0 radical (unpaired) electrons. The number of aliphatic carboxylic acids is 1. The van der Waals surface area contributed by atoms with Gasteiger partial charge >= 0.3 is 5.97 Å². The Morgan fingerprint density at radius 2 is 2.21 bits per heavy atom. The highest BCUT2D eigenvalue weighted by atomic mass is 16.4. The number of carbonyl (C=O) groups is 1. The van der Waals surface area contributed by atoms with Crippen LogP contribution in [0, 0.1) is 0 Å². The van der Waals surface area contributed by atoms with Gasteiger partial charge in [-0.15, -0.1) is 0 Å². The zero-order chi connectivity index (χ0) is 10.6. The molecule has 14 heavy (non-hydrogen) atoms. The molecule has 1 unspecified atom stereocenters. The summed E-state index contributed by atoms with van der Waals surface area (Å²) in [6.45, 7) is 5.24. The van der Waals surface area contributed by atoms with Crippen molar-refractivity contribution in [2.75, 3.05) is 13.1 Å². The van der Waals surface area contributed by atoms with Gasteiger partial charge in [0.25, 0.3) is 0 Å². The van der Waals surface area contributed by atoms with Crippen LogP contribution in [0.5, 0.6) is 0 Å². The van der Waals surface area contributed by atoms with E-state index < -0.39 is 12.0 Å². The number of rotatable bonds is 5. The maximum Gasteiger partial charge on any atom is 0.328 e. The molecular formula is C10H15NO3. The smallest absolute Gasteiger partial charge is 0.328 e. The van der Waals surface area contributed by atoms with Crippen LogP contribution in [0.3, 0.4) is 0 Å². The second-order valence-electron chi connectivity index (χ2n) is 2.98. The molecule has 1 N–H and O–H groups in total. The maximum absolute atomic E-state index is 11.1. The zero-order valence-electron chi connectivity index (χ0n) is 8.43. The van der Waals surface area contributed by atoms with E-state index in [0.29, 0.717) is 18.8 Å². The summed E-state index contributed by atoms with van der Waals surface area (Å²) in [6.07, 6.45) is 1.49. The third kappa shape index (κ3) is 2.14. The summed E-state index contributed by atoms with van der Waals surface area (Å²) in [5.74, 6) is -0.384. The van der Waals surface area contributed by atoms with Crippen molar-refractivity contribution in [3.8, 4) is 0 Å². The molecule has 1 atom stereocenters. The molecule has 0 aliphatic rings. The van der Waals surface area contributed by atoms with Crippen LogP contribution in [0.15, 0.2) is 22.8 Å². The van der Waals surface area contributed by atoms with Crippen LogP contribution in [-0.2, 0) is 4.79 Å². The standard InChI is InChI=1S/C10H15NO3/c1-3-11(4-2)9(10(12)13)8-6-5-7-14-8/h5-7,9H,3-4H2,1-2H3,(H,12,13). The van der Waals surface area contributed by atoms with Gasteiger partial charge in [-0.2, -0.15) is 0 Å². The van der Waals surface area contributed by atoms with Crippen LogP contribution in [-0.4, -0.2) is 29.1 Å². The van der Waals surface area contributed by atoms with E-state index in [4.69, 9.17) is 9.52 Å². The monoisotopic (exact) mass is 197 g/mol. The highest BCUT2D eigenvalue weighted by molar-refractivity contribution is 5.74. The number of furan rings is 1. The Hall–Kier alpha value is -1.29. The molecule has 0 amide bonds. The van der Waals surface area contributed by atoms with Crippen molar-refractivity contribution in [3.63, 3.8) is 0 Å². The van der Waals surface area contributed by atoms with E-state index >= 15 is 0 Å². The Balaban J connectivity index is 2.89. The molecule has 0 aromatic carbocycles. The lowest BCUT2D eigenvalue weighted by atomic mass is 10.2. The molecule has 0 aliphatic carbocycles. The minimum Gasteiger partial charge on any atom is -0.480 e. The number of carboxylic acid groups (broad SMARTS) is 1. The van der Waals surface area contributed by atoms with Gasteiger partial charge < -0.3 is 9.52 Å². The Morgan fingerprint density at radius 3 is 2.57 bits per heavy atom. The van der Waals surface area contributed by atoms with Crippen LogP contribution in [0.1, 0.15) is 25.6 Å². The first-order chi connectivity index (χ1) is 6.70. The lowest BCUT2D eigenvalue weighted by Gasteiger charge is -2.24. The third-order valence-electron chi connectivity index (χ3n) is 2.22. The van der Waals surface area contributed by atoms with Crippen molar-refractivity contribution < 1.29 is 14.3 Å². The lowest BCUT2D eigenvalue weighted by molar-refractivity contribution is -0.144. The molecule has 0 spiro atoms. The normalized spacial score (nSPS) is 13.1. The minimum absolute atomic E-state index is 0.487. The van der Waals surface area contributed by atoms with Crippen LogP contribution in [0.2, 0.25) is 0 Å². The fourth-order valence-corrected chi connectivity index (χ4v) is 1.49. The summed E-state index contributed by atoms with van der Waals surface area (Å²) in [4.78, 5) is 12.9. The molecule has 1 rings (SSSR count). The van der Waals surface area contributed by atoms with Crippen LogP contribution in [0.25, 0.3) is 0 Å². The molecule has 4 heteroatoms. The van der Waals surface area contributed by atoms with E-state index in [1.165, 1.54) is 6.26 Å². The number of nitrogens with zero attached hydrogens (tertiary/aromatic N) is 1. The maximum atomic E-state index is 11.1. The van der Waals surface area contributed by atoms with E-state index in [2.05, 4.69) is 0 Å². The van der Waals surface area contributed by atoms with Crippen molar-refractivity contribution in [2.24, 2.45) is 0 Å². The highest BCUT2D eigenvalue weighted by Gasteiger charge is 2.27. The Kier molecular flexibility index (Phi) is 3.71. The first-order valence-corrected chi connectivity index (χ1v) is 4.71. The van der Waals surface area contributed by atoms with Gasteiger partial charge in [0.15, 0.2) is 6.04 Å². The van der Waals surface area contributed by atoms with Gasteiger partial charge in [0.1, 0.15) is 5.76 Å². The van der Waals surface area contributed by atoms with Gasteiger partial charge in [-0.25, -0.2) is 0 Å². The van der Waals surface area contributed by atoms with Gasteiger partial charge in [0.2, 0.25) is 0 Å². The van der Waals surface area contributed by atoms with E-state index in [1.807, 2.05) is 18.7 Å². The SMILES string of the molecule is CCN(CC)C(C(=O)O)c1ccco1. The van der Waals surface area contributed by atoms with Crippen molar-refractivity contribution in [1.82, 2.24) is 4.90 Å². The predicted octanol–water partition coefficient (Wildman–Crippen LogP) is 1.75. The highest BCUT2D eigenvalue weighted by Crippen LogP contribution is 2.20. The van der Waals surface area contributed by atoms with Gasteiger partial charge in [-0.1, -0.05) is 13.8 Å². The molecule has 78 valence electrons. The summed E-state index contributed by atoms with van der Waals surface area (Å²) in [6, 6.07) is 2.73. The molecule has 0 bridgehead atoms. The third-order valence-corrected chi connectivity index (χ3v) is 2.22. The second kappa shape index (κ2) is 4.81. The average molecular weight is 197 g/mol. The van der Waals surface area contributed by atoms with Crippen LogP contribution < -0.4 is 0 Å². The topological polar surface area (TPSA) is 53.7 Å². The van der Waals surface area contributed by atoms with E-state index in [1.54, 1.807) is 12.1 Å². The van der Waals surface area contributed by atoms with E-state index in [0.717, 1.165) is 0 Å². The molecule has 4 nitrogen and oxygen atoms in total. The Bertz CT molecular complexity index is 278. The zero-order valence-corrected chi connectivity index (χ0v) is 8.43. The predicted molar refractivity (Wildman–Crippen MR) is 52.0 cm³/mol. The number of hydrogen-bond donors (Lipinski definition) is 1. The number of hydrogen-bond acceptors (Lipinski definition) is 3. The van der Waals surface area contributed by atoms with Gasteiger partial charge in [-0.3, -0.25) is 9.69 Å². The van der Waals surface area contributed by atoms with Gasteiger partial charge in [0, 0.05) is 0 Å². The average Bonchev–Trinajstić information content (AvgIpc) is 2.65. The summed E-state index contributed by atoms with van der Waals surface area (Å²) < 4.78 is 5.12. The van der Waals surface area contributed by atoms with Crippen LogP contribution in [0.4, 0.5) is 0 Å². The number of likely N-dealkylation sites (N-methyl/N-ethyl adjacent to an activating group) is 1. The van der Waals surface area contributed by atoms with Crippen molar-refractivity contribution in [1.29, 1.82) is 0 Å². The summed E-state index contributed by atoms with van der Waals surface area (Å²) >= 11 is 0. The molecular weight excluding hydrogens is 182 g/mol. The first-order valence-electron chi connectivity index (χ1n) is 4.71. The molecule has 0 aliphatic heterocycles. The minimum atomic E-state index is -0.872. The van der Waals surface area contributed by atoms with E-state index in [9.17, 15) is 4.79 Å². The molecule has 0 saturated heterocycles. The quantitative estimate of drug-likeness (QED) is 0.781. The Labute approximate surface area is 83.1 Å². The fourth-order valence-electron chi connectivity index (χ4n) is 1.49. The van der Waals surface area contributed by atoms with Gasteiger partial charge in [-0.05, 0) is 25.2 Å². The molecule has 0 saturated carbocycles. The lowest BCUT2D eigenvalue weighted by Crippen LogP contribution is -2.33. The van der Waals surface area contributed by atoms with Crippen LogP contribution >= 0.6 is 0 Å². The van der Waals surface area contributed by atoms with Gasteiger partial charge in [0.05, 0.1) is 6.26 Å². The van der Waals surface area contributed by atoms with Crippen molar-refractivity contribution in [2.45, 2.75) is 19.9 Å². The summed E-state index contributed by atoms with van der Waals surface area (Å²) in [5.41, 5.74) is 0. The largest absolute Gasteiger partial charge is 0.480 e.